The van der Waals surface area contributed by atoms with Crippen LogP contribution < -0.4 is 10.6 Å². The fraction of sp³-hybridized carbons (Fsp3) is 0.400. The molecule has 0 atom stereocenters. The lowest BCUT2D eigenvalue weighted by Crippen LogP contribution is -2.29. The molecule has 0 spiro atoms. The second kappa shape index (κ2) is 8.02. The molecular weight excluding hydrogens is 296 g/mol. The molecule has 0 aliphatic carbocycles. The summed E-state index contributed by atoms with van der Waals surface area (Å²) in [6.45, 7) is 4.15. The minimum Gasteiger partial charge on any atom is -0.354 e. The summed E-state index contributed by atoms with van der Waals surface area (Å²) in [6.07, 6.45) is 5.73. The van der Waals surface area contributed by atoms with Crippen molar-refractivity contribution in [2.45, 2.75) is 26.8 Å². The lowest BCUT2D eigenvalue weighted by atomic mass is 10.2. The molecule has 0 unspecified atom stereocenters. The van der Waals surface area contributed by atoms with E-state index in [4.69, 9.17) is 0 Å². The quantitative estimate of drug-likeness (QED) is 0.780. The average Bonchev–Trinajstić information content (AvgIpc) is 2.95. The van der Waals surface area contributed by atoms with Crippen molar-refractivity contribution in [1.29, 1.82) is 0 Å². The zero-order valence-electron chi connectivity index (χ0n) is 13.2. The van der Waals surface area contributed by atoms with Gasteiger partial charge in [-0.2, -0.15) is 0 Å². The Morgan fingerprint density at radius 2 is 2.17 bits per heavy atom. The fourth-order valence-electron chi connectivity index (χ4n) is 1.80. The smallest absolute Gasteiger partial charge is 0.241 e. The maximum atomic E-state index is 11.8. The van der Waals surface area contributed by atoms with Crippen molar-refractivity contribution < 1.29 is 9.59 Å². The standard InChI is InChI=1S/C15H20N6O2/c1-11(2)15(23)18-13-9-21(20-19-13)10-14(22)17-7-5-12-4-3-6-16-8-12/h3-4,6,8-9,11H,5,7,10H2,1-2H3,(H,17,22)(H,18,23). The summed E-state index contributed by atoms with van der Waals surface area (Å²) in [5, 5.41) is 13.1. The minimum atomic E-state index is -0.166. The van der Waals surface area contributed by atoms with E-state index < -0.39 is 0 Å². The second-order valence-corrected chi connectivity index (χ2v) is 5.41. The molecule has 0 aliphatic rings. The number of anilines is 1. The Hall–Kier alpha value is -2.77. The predicted molar refractivity (Wildman–Crippen MR) is 84.4 cm³/mol. The molecule has 8 heteroatoms. The maximum Gasteiger partial charge on any atom is 0.241 e. The van der Waals surface area contributed by atoms with Crippen molar-refractivity contribution in [3.05, 3.63) is 36.3 Å². The monoisotopic (exact) mass is 316 g/mol. The molecule has 0 aromatic carbocycles. The second-order valence-electron chi connectivity index (χ2n) is 5.41. The van der Waals surface area contributed by atoms with Crippen LogP contribution in [0.25, 0.3) is 0 Å². The van der Waals surface area contributed by atoms with Crippen molar-refractivity contribution in [2.24, 2.45) is 5.92 Å². The molecular formula is C15H20N6O2. The minimum absolute atomic E-state index is 0.0532. The molecule has 2 amide bonds. The number of amides is 2. The largest absolute Gasteiger partial charge is 0.354 e. The van der Waals surface area contributed by atoms with Crippen molar-refractivity contribution in [2.75, 3.05) is 11.9 Å². The first-order valence-corrected chi connectivity index (χ1v) is 7.41. The van der Waals surface area contributed by atoms with E-state index in [1.54, 1.807) is 26.2 Å². The molecule has 0 bridgehead atoms. The van der Waals surface area contributed by atoms with E-state index in [9.17, 15) is 9.59 Å². The van der Waals surface area contributed by atoms with Crippen LogP contribution in [0.4, 0.5) is 5.82 Å². The van der Waals surface area contributed by atoms with Gasteiger partial charge in [0.1, 0.15) is 6.54 Å². The number of rotatable bonds is 7. The number of carbonyl (C=O) groups excluding carboxylic acids is 2. The molecule has 0 saturated heterocycles. The Kier molecular flexibility index (Phi) is 5.79. The van der Waals surface area contributed by atoms with E-state index >= 15 is 0 Å². The van der Waals surface area contributed by atoms with Crippen LogP contribution in [0.2, 0.25) is 0 Å². The average molecular weight is 316 g/mol. The Morgan fingerprint density at radius 1 is 1.35 bits per heavy atom. The SMILES string of the molecule is CC(C)C(=O)Nc1cn(CC(=O)NCCc2cccnc2)nn1. The summed E-state index contributed by atoms with van der Waals surface area (Å²) < 4.78 is 1.38. The third-order valence-electron chi connectivity index (χ3n) is 3.08. The van der Waals surface area contributed by atoms with Crippen LogP contribution in [0, 0.1) is 5.92 Å². The number of carbonyl (C=O) groups is 2. The molecule has 2 aromatic heterocycles. The van der Waals surface area contributed by atoms with Gasteiger partial charge in [-0.1, -0.05) is 25.1 Å². The van der Waals surface area contributed by atoms with Crippen LogP contribution in [0.1, 0.15) is 19.4 Å². The van der Waals surface area contributed by atoms with Gasteiger partial charge in [0.2, 0.25) is 11.8 Å². The van der Waals surface area contributed by atoms with Gasteiger partial charge in [0, 0.05) is 24.9 Å². The lowest BCUT2D eigenvalue weighted by molar-refractivity contribution is -0.122. The van der Waals surface area contributed by atoms with Crippen LogP contribution in [-0.2, 0) is 22.6 Å². The van der Waals surface area contributed by atoms with E-state index in [0.717, 1.165) is 5.56 Å². The highest BCUT2D eigenvalue weighted by Gasteiger charge is 2.10. The highest BCUT2D eigenvalue weighted by Crippen LogP contribution is 2.03. The zero-order valence-corrected chi connectivity index (χ0v) is 13.2. The maximum absolute atomic E-state index is 11.8. The molecule has 8 nitrogen and oxygen atoms in total. The lowest BCUT2D eigenvalue weighted by Gasteiger charge is -2.05. The third-order valence-corrected chi connectivity index (χ3v) is 3.08. The zero-order chi connectivity index (χ0) is 16.7. The van der Waals surface area contributed by atoms with E-state index in [-0.39, 0.29) is 24.3 Å². The van der Waals surface area contributed by atoms with Crippen LogP contribution in [0.3, 0.4) is 0 Å². The molecule has 2 heterocycles. The Morgan fingerprint density at radius 3 is 2.87 bits per heavy atom. The molecule has 2 rings (SSSR count). The van der Waals surface area contributed by atoms with Crippen LogP contribution in [0.5, 0.6) is 0 Å². The normalized spacial score (nSPS) is 10.6. The van der Waals surface area contributed by atoms with Gasteiger partial charge >= 0.3 is 0 Å². The summed E-state index contributed by atoms with van der Waals surface area (Å²) in [5.74, 6) is -0.110. The molecule has 0 radical (unpaired) electrons. The summed E-state index contributed by atoms with van der Waals surface area (Å²) in [6, 6.07) is 3.82. The van der Waals surface area contributed by atoms with Gasteiger partial charge in [0.05, 0.1) is 6.20 Å². The number of pyridine rings is 1. The summed E-state index contributed by atoms with van der Waals surface area (Å²) in [4.78, 5) is 27.4. The summed E-state index contributed by atoms with van der Waals surface area (Å²) >= 11 is 0. The number of nitrogens with zero attached hydrogens (tertiary/aromatic N) is 4. The first-order chi connectivity index (χ1) is 11.0. The molecule has 2 aromatic rings. The van der Waals surface area contributed by atoms with Gasteiger partial charge < -0.3 is 10.6 Å². The third kappa shape index (κ3) is 5.50. The fourth-order valence-corrected chi connectivity index (χ4v) is 1.80. The van der Waals surface area contributed by atoms with Gasteiger partial charge in [-0.3, -0.25) is 14.6 Å². The molecule has 122 valence electrons. The Labute approximate surface area is 134 Å². The number of hydrogen-bond acceptors (Lipinski definition) is 5. The van der Waals surface area contributed by atoms with Gasteiger partial charge in [-0.25, -0.2) is 4.68 Å². The van der Waals surface area contributed by atoms with Gasteiger partial charge in [-0.05, 0) is 18.1 Å². The van der Waals surface area contributed by atoms with Crippen LogP contribution in [-0.4, -0.2) is 38.3 Å². The topological polar surface area (TPSA) is 102 Å². The van der Waals surface area contributed by atoms with Gasteiger partial charge in [-0.15, -0.1) is 5.10 Å². The molecule has 23 heavy (non-hydrogen) atoms. The Bertz CT molecular complexity index is 653. The van der Waals surface area contributed by atoms with Crippen molar-refractivity contribution in [3.8, 4) is 0 Å². The van der Waals surface area contributed by atoms with E-state index in [0.29, 0.717) is 18.8 Å². The number of hydrogen-bond donors (Lipinski definition) is 2. The molecule has 2 N–H and O–H groups in total. The summed E-state index contributed by atoms with van der Waals surface area (Å²) in [5.41, 5.74) is 1.06. The van der Waals surface area contributed by atoms with E-state index in [2.05, 4.69) is 25.9 Å². The molecule has 0 fully saturated rings. The van der Waals surface area contributed by atoms with Crippen molar-refractivity contribution in [1.82, 2.24) is 25.3 Å². The first kappa shape index (κ1) is 16.6. The summed E-state index contributed by atoms with van der Waals surface area (Å²) in [7, 11) is 0. The van der Waals surface area contributed by atoms with Gasteiger partial charge in [0.25, 0.3) is 0 Å². The number of nitrogens with one attached hydrogen (secondary N) is 2. The van der Waals surface area contributed by atoms with Crippen LogP contribution >= 0.6 is 0 Å². The highest BCUT2D eigenvalue weighted by molar-refractivity contribution is 5.90. The van der Waals surface area contributed by atoms with Gasteiger partial charge in [0.15, 0.2) is 5.82 Å². The van der Waals surface area contributed by atoms with Crippen molar-refractivity contribution >= 4 is 17.6 Å². The van der Waals surface area contributed by atoms with E-state index in [1.807, 2.05) is 12.1 Å². The molecule has 0 saturated carbocycles. The first-order valence-electron chi connectivity index (χ1n) is 7.41. The number of aromatic nitrogens is 4. The predicted octanol–water partition coefficient (Wildman–Crippen LogP) is 0.626. The van der Waals surface area contributed by atoms with Crippen LogP contribution in [0.15, 0.2) is 30.7 Å². The van der Waals surface area contributed by atoms with E-state index in [1.165, 1.54) is 10.9 Å². The van der Waals surface area contributed by atoms with Crippen molar-refractivity contribution in [3.63, 3.8) is 0 Å². The molecule has 0 aliphatic heterocycles. The Balaban J connectivity index is 1.75. The highest BCUT2D eigenvalue weighted by atomic mass is 16.2.